The zero-order chi connectivity index (χ0) is 8.72. The summed E-state index contributed by atoms with van der Waals surface area (Å²) < 4.78 is 5.64. The maximum Gasteiger partial charge on any atom is 0.136 e. The topological polar surface area (TPSA) is 26.3 Å². The molecule has 1 aliphatic heterocycles. The first-order chi connectivity index (χ1) is 5.68. The Morgan fingerprint density at radius 2 is 2.17 bits per heavy atom. The highest BCUT2D eigenvalue weighted by Crippen LogP contribution is 2.38. The normalized spacial score (nSPS) is 47.7. The molecular formula is C10H16O2. The molecular weight excluding hydrogens is 152 g/mol. The number of hydrogen-bond donors (Lipinski definition) is 0. The number of Topliss-reactive ketones (excluding diaryl/α,β-unsaturated/α-hetero) is 1. The molecule has 0 amide bonds. The van der Waals surface area contributed by atoms with E-state index in [2.05, 4.69) is 6.92 Å². The summed E-state index contributed by atoms with van der Waals surface area (Å²) in [5, 5.41) is 0. The molecule has 0 N–H and O–H groups in total. The van der Waals surface area contributed by atoms with Crippen LogP contribution in [0.4, 0.5) is 0 Å². The van der Waals surface area contributed by atoms with Crippen molar-refractivity contribution in [3.8, 4) is 0 Å². The van der Waals surface area contributed by atoms with Crippen molar-refractivity contribution < 1.29 is 9.53 Å². The Morgan fingerprint density at radius 3 is 2.92 bits per heavy atom. The summed E-state index contributed by atoms with van der Waals surface area (Å²) in [7, 11) is 0. The molecule has 0 spiro atoms. The molecule has 0 radical (unpaired) electrons. The largest absolute Gasteiger partial charge is 0.378 e. The Labute approximate surface area is 73.3 Å². The predicted octanol–water partition coefficient (Wildman–Crippen LogP) is 1.64. The summed E-state index contributed by atoms with van der Waals surface area (Å²) in [6.07, 6.45) is 2.09. The number of carbonyl (C=O) groups excluding carboxylic acids is 1. The maximum atomic E-state index is 11.4. The van der Waals surface area contributed by atoms with Gasteiger partial charge in [-0.25, -0.2) is 0 Å². The van der Waals surface area contributed by atoms with Crippen molar-refractivity contribution in [1.29, 1.82) is 0 Å². The van der Waals surface area contributed by atoms with E-state index in [9.17, 15) is 4.79 Å². The van der Waals surface area contributed by atoms with Gasteiger partial charge in [-0.15, -0.1) is 0 Å². The molecule has 2 nitrogen and oxygen atoms in total. The van der Waals surface area contributed by atoms with Gasteiger partial charge in [-0.2, -0.15) is 0 Å². The minimum atomic E-state index is 0.233. The molecule has 0 aromatic heterocycles. The summed E-state index contributed by atoms with van der Waals surface area (Å²) in [6, 6.07) is 0. The monoisotopic (exact) mass is 168 g/mol. The van der Waals surface area contributed by atoms with E-state index in [1.54, 1.807) is 0 Å². The fraction of sp³-hybridized carbons (Fsp3) is 0.900. The van der Waals surface area contributed by atoms with Gasteiger partial charge in [0.2, 0.25) is 0 Å². The molecule has 2 heteroatoms. The second-order valence-electron chi connectivity index (χ2n) is 4.32. The van der Waals surface area contributed by atoms with Crippen LogP contribution < -0.4 is 0 Å². The average molecular weight is 168 g/mol. The van der Waals surface area contributed by atoms with Gasteiger partial charge in [0.25, 0.3) is 0 Å². The molecule has 0 aromatic rings. The van der Waals surface area contributed by atoms with Crippen LogP contribution >= 0.6 is 0 Å². The molecule has 1 saturated heterocycles. The van der Waals surface area contributed by atoms with Crippen molar-refractivity contribution in [2.75, 3.05) is 6.61 Å². The number of carbonyl (C=O) groups is 1. The Hall–Kier alpha value is -0.370. The Balaban J connectivity index is 2.09. The molecule has 2 fully saturated rings. The molecule has 0 unspecified atom stereocenters. The van der Waals surface area contributed by atoms with Crippen molar-refractivity contribution in [2.45, 2.75) is 32.8 Å². The predicted molar refractivity (Wildman–Crippen MR) is 45.8 cm³/mol. The van der Waals surface area contributed by atoms with Gasteiger partial charge in [0.05, 0.1) is 6.10 Å². The van der Waals surface area contributed by atoms with Crippen molar-refractivity contribution in [1.82, 2.24) is 0 Å². The summed E-state index contributed by atoms with van der Waals surface area (Å²) in [4.78, 5) is 11.4. The van der Waals surface area contributed by atoms with Crippen LogP contribution in [-0.4, -0.2) is 18.5 Å². The van der Waals surface area contributed by atoms with E-state index in [1.165, 1.54) is 0 Å². The first-order valence-corrected chi connectivity index (χ1v) is 4.83. The average Bonchev–Trinajstić information content (AvgIpc) is 2.35. The van der Waals surface area contributed by atoms with Gasteiger partial charge >= 0.3 is 0 Å². The maximum absolute atomic E-state index is 11.4. The fourth-order valence-electron chi connectivity index (χ4n) is 2.38. The molecule has 0 bridgehead atoms. The lowest BCUT2D eigenvalue weighted by Crippen LogP contribution is -2.33. The van der Waals surface area contributed by atoms with Gasteiger partial charge in [-0.3, -0.25) is 4.79 Å². The smallest absolute Gasteiger partial charge is 0.136 e. The van der Waals surface area contributed by atoms with Crippen LogP contribution in [0.1, 0.15) is 26.7 Å². The summed E-state index contributed by atoms with van der Waals surface area (Å²) in [5.41, 5.74) is 0. The Morgan fingerprint density at radius 1 is 1.42 bits per heavy atom. The first-order valence-electron chi connectivity index (χ1n) is 4.83. The number of ether oxygens (including phenoxy) is 1. The zero-order valence-corrected chi connectivity index (χ0v) is 7.75. The van der Waals surface area contributed by atoms with E-state index in [0.29, 0.717) is 23.7 Å². The van der Waals surface area contributed by atoms with E-state index >= 15 is 0 Å². The standard InChI is InChI=1S/C10H16O2/c1-6-3-10-8(4-9(6)11)7(2)5-12-10/h6-8,10H,3-5H2,1-2H3/t6-,7+,8-,10-/m1/s1. The lowest BCUT2D eigenvalue weighted by Gasteiger charge is -2.28. The molecule has 4 atom stereocenters. The molecule has 0 aromatic carbocycles. The molecule has 68 valence electrons. The quantitative estimate of drug-likeness (QED) is 0.549. The lowest BCUT2D eigenvalue weighted by molar-refractivity contribution is -0.128. The van der Waals surface area contributed by atoms with Crippen molar-refractivity contribution in [2.24, 2.45) is 17.8 Å². The first kappa shape index (κ1) is 8.24. The van der Waals surface area contributed by atoms with E-state index in [4.69, 9.17) is 4.74 Å². The highest BCUT2D eigenvalue weighted by Gasteiger charge is 2.41. The van der Waals surface area contributed by atoms with Crippen LogP contribution in [0.25, 0.3) is 0 Å². The van der Waals surface area contributed by atoms with E-state index in [1.807, 2.05) is 6.92 Å². The minimum Gasteiger partial charge on any atom is -0.378 e. The van der Waals surface area contributed by atoms with Gasteiger partial charge in [-0.1, -0.05) is 13.8 Å². The van der Waals surface area contributed by atoms with Crippen LogP contribution in [0.2, 0.25) is 0 Å². The molecule has 2 aliphatic rings. The van der Waals surface area contributed by atoms with Gasteiger partial charge in [0.15, 0.2) is 0 Å². The van der Waals surface area contributed by atoms with E-state index < -0.39 is 0 Å². The SMILES string of the molecule is C[C@@H]1C[C@H]2OC[C@H](C)[C@H]2CC1=O. The van der Waals surface area contributed by atoms with Crippen LogP contribution in [0.15, 0.2) is 0 Å². The highest BCUT2D eigenvalue weighted by molar-refractivity contribution is 5.81. The molecule has 12 heavy (non-hydrogen) atoms. The molecule has 1 aliphatic carbocycles. The summed E-state index contributed by atoms with van der Waals surface area (Å²) in [6.45, 7) is 5.06. The molecule has 2 rings (SSSR count). The summed E-state index contributed by atoms with van der Waals surface area (Å²) >= 11 is 0. The number of fused-ring (bicyclic) bond motifs is 1. The van der Waals surface area contributed by atoms with Crippen molar-refractivity contribution in [3.05, 3.63) is 0 Å². The number of ketones is 1. The van der Waals surface area contributed by atoms with E-state index in [-0.39, 0.29) is 5.92 Å². The second kappa shape index (κ2) is 2.84. The lowest BCUT2D eigenvalue weighted by atomic mass is 9.76. The van der Waals surface area contributed by atoms with Gasteiger partial charge < -0.3 is 4.74 Å². The summed E-state index contributed by atoms with van der Waals surface area (Å²) in [5.74, 6) is 1.78. The van der Waals surface area contributed by atoms with Crippen LogP contribution in [0, 0.1) is 17.8 Å². The van der Waals surface area contributed by atoms with Crippen molar-refractivity contribution in [3.63, 3.8) is 0 Å². The minimum absolute atomic E-state index is 0.233. The van der Waals surface area contributed by atoms with Gasteiger partial charge in [-0.05, 0) is 18.3 Å². The Bertz CT molecular complexity index is 200. The van der Waals surface area contributed by atoms with Crippen molar-refractivity contribution >= 4 is 5.78 Å². The number of rotatable bonds is 0. The number of hydrogen-bond acceptors (Lipinski definition) is 2. The zero-order valence-electron chi connectivity index (χ0n) is 7.75. The highest BCUT2D eigenvalue weighted by atomic mass is 16.5. The van der Waals surface area contributed by atoms with Crippen LogP contribution in [0.3, 0.4) is 0 Å². The second-order valence-corrected chi connectivity index (χ2v) is 4.32. The van der Waals surface area contributed by atoms with E-state index in [0.717, 1.165) is 19.4 Å². The third-order valence-electron chi connectivity index (χ3n) is 3.35. The third kappa shape index (κ3) is 1.18. The molecule has 1 heterocycles. The Kier molecular flexibility index (Phi) is 1.95. The van der Waals surface area contributed by atoms with Gasteiger partial charge in [0.1, 0.15) is 5.78 Å². The third-order valence-corrected chi connectivity index (χ3v) is 3.35. The van der Waals surface area contributed by atoms with Crippen LogP contribution in [0.5, 0.6) is 0 Å². The van der Waals surface area contributed by atoms with Gasteiger partial charge in [0, 0.05) is 18.9 Å². The fourth-order valence-corrected chi connectivity index (χ4v) is 2.38. The molecule has 1 saturated carbocycles. The van der Waals surface area contributed by atoms with Crippen LogP contribution in [-0.2, 0) is 9.53 Å².